The van der Waals surface area contributed by atoms with Gasteiger partial charge >= 0.3 is 5.97 Å². The normalized spacial score (nSPS) is 42.8. The molecule has 0 heterocycles. The molecule has 6 atom stereocenters. The lowest BCUT2D eigenvalue weighted by Gasteiger charge is -2.30. The highest BCUT2D eigenvalue weighted by molar-refractivity contribution is 5.76. The Bertz CT molecular complexity index is 616. The largest absolute Gasteiger partial charge is 0.469 e. The van der Waals surface area contributed by atoms with Crippen molar-refractivity contribution in [1.82, 2.24) is 0 Å². The number of hydrogen-bond acceptors (Lipinski definition) is 2. The maximum Gasteiger partial charge on any atom is 0.309 e. The second-order valence-corrected chi connectivity index (χ2v) is 8.73. The van der Waals surface area contributed by atoms with E-state index < -0.39 is 0 Å². The summed E-state index contributed by atoms with van der Waals surface area (Å²) in [6.07, 6.45) is 0. The highest BCUT2D eigenvalue weighted by Gasteiger charge is 2.81. The number of methoxy groups -OCH3 is 1. The number of ether oxygens (including phenoxy) is 1. The molecule has 1 aromatic rings. The Morgan fingerprint density at radius 2 is 1.45 bits per heavy atom. The zero-order chi connectivity index (χ0) is 15.9. The number of esters is 1. The molecule has 0 amide bonds. The van der Waals surface area contributed by atoms with Crippen molar-refractivity contribution in [2.75, 3.05) is 7.11 Å². The first-order valence-corrected chi connectivity index (χ1v) is 8.46. The van der Waals surface area contributed by atoms with Gasteiger partial charge in [-0.15, -0.1) is 0 Å². The van der Waals surface area contributed by atoms with Crippen LogP contribution in [0.25, 0.3) is 0 Å². The molecule has 0 N–H and O–H groups in total. The minimum atomic E-state index is -0.00409. The summed E-state index contributed by atoms with van der Waals surface area (Å²) < 4.78 is 5.23. The fraction of sp³-hybridized carbons (Fsp3) is 0.650. The highest BCUT2D eigenvalue weighted by Crippen LogP contribution is 2.84. The third-order valence-electron chi connectivity index (χ3n) is 7.20. The molecular formula is C20H26O2. The molecule has 0 radical (unpaired) electrons. The van der Waals surface area contributed by atoms with Crippen molar-refractivity contribution in [3.05, 3.63) is 35.9 Å². The van der Waals surface area contributed by atoms with Crippen LogP contribution in [0.4, 0.5) is 0 Å². The van der Waals surface area contributed by atoms with Gasteiger partial charge in [0.1, 0.15) is 0 Å². The predicted molar refractivity (Wildman–Crippen MR) is 86.2 cm³/mol. The van der Waals surface area contributed by atoms with Gasteiger partial charge in [0.2, 0.25) is 0 Å². The lowest BCUT2D eigenvalue weighted by Crippen LogP contribution is -2.31. The molecule has 3 fully saturated rings. The zero-order valence-electron chi connectivity index (χ0n) is 14.2. The second kappa shape index (κ2) is 4.15. The third-order valence-corrected chi connectivity index (χ3v) is 7.20. The summed E-state index contributed by atoms with van der Waals surface area (Å²) in [6, 6.07) is 10.6. The summed E-state index contributed by atoms with van der Waals surface area (Å²) in [4.78, 5) is 12.6. The van der Waals surface area contributed by atoms with E-state index in [9.17, 15) is 4.79 Å². The number of hydrogen-bond donors (Lipinski definition) is 0. The molecule has 4 rings (SSSR count). The molecule has 3 aliphatic carbocycles. The van der Waals surface area contributed by atoms with Crippen molar-refractivity contribution in [2.45, 2.75) is 33.6 Å². The van der Waals surface area contributed by atoms with Gasteiger partial charge in [0, 0.05) is 5.92 Å². The molecule has 22 heavy (non-hydrogen) atoms. The predicted octanol–water partition coefficient (Wildman–Crippen LogP) is 4.12. The standard InChI is InChI=1S/C20H26O2/c1-19(2)14-12(11-9-7-6-8-10-11)13(18(21)22-5)15-17(16(14)19)20(15,3)4/h6-10,12-17H,1-5H3. The first kappa shape index (κ1) is 14.3. The average Bonchev–Trinajstić information content (AvgIpc) is 3.28. The van der Waals surface area contributed by atoms with Gasteiger partial charge in [-0.1, -0.05) is 58.0 Å². The first-order valence-electron chi connectivity index (χ1n) is 8.46. The van der Waals surface area contributed by atoms with E-state index in [4.69, 9.17) is 4.74 Å². The number of fused-ring (bicyclic) bond motifs is 3. The summed E-state index contributed by atoms with van der Waals surface area (Å²) in [5.74, 6) is 2.88. The van der Waals surface area contributed by atoms with Crippen LogP contribution in [0.2, 0.25) is 0 Å². The molecule has 0 aromatic heterocycles. The van der Waals surface area contributed by atoms with Gasteiger partial charge in [0.25, 0.3) is 0 Å². The van der Waals surface area contributed by atoms with Crippen LogP contribution in [-0.2, 0) is 9.53 Å². The summed E-state index contributed by atoms with van der Waals surface area (Å²) >= 11 is 0. The Labute approximate surface area is 133 Å². The lowest BCUT2D eigenvalue weighted by molar-refractivity contribution is -0.148. The van der Waals surface area contributed by atoms with Crippen molar-refractivity contribution in [2.24, 2.45) is 40.4 Å². The summed E-state index contributed by atoms with van der Waals surface area (Å²) in [5, 5.41) is 0. The Balaban J connectivity index is 1.82. The zero-order valence-corrected chi connectivity index (χ0v) is 14.2. The van der Waals surface area contributed by atoms with Crippen molar-refractivity contribution >= 4 is 5.97 Å². The van der Waals surface area contributed by atoms with Gasteiger partial charge in [-0.3, -0.25) is 4.79 Å². The van der Waals surface area contributed by atoms with Gasteiger partial charge in [-0.2, -0.15) is 0 Å². The molecule has 0 saturated heterocycles. The number of benzene rings is 1. The monoisotopic (exact) mass is 298 g/mol. The molecule has 2 nitrogen and oxygen atoms in total. The summed E-state index contributed by atoms with van der Waals surface area (Å²) in [5.41, 5.74) is 1.94. The number of carbonyl (C=O) groups excluding carboxylic acids is 1. The van der Waals surface area contributed by atoms with E-state index in [0.717, 1.165) is 5.92 Å². The van der Waals surface area contributed by atoms with Gasteiger partial charge in [0.05, 0.1) is 13.0 Å². The van der Waals surface area contributed by atoms with E-state index >= 15 is 0 Å². The van der Waals surface area contributed by atoms with Crippen LogP contribution in [0.3, 0.4) is 0 Å². The van der Waals surface area contributed by atoms with E-state index in [-0.39, 0.29) is 17.3 Å². The molecule has 0 spiro atoms. The number of carbonyl (C=O) groups is 1. The van der Waals surface area contributed by atoms with Gasteiger partial charge in [0.15, 0.2) is 0 Å². The van der Waals surface area contributed by atoms with Crippen LogP contribution in [-0.4, -0.2) is 13.1 Å². The van der Waals surface area contributed by atoms with Crippen molar-refractivity contribution in [3.8, 4) is 0 Å². The topological polar surface area (TPSA) is 26.3 Å². The van der Waals surface area contributed by atoms with Crippen LogP contribution >= 0.6 is 0 Å². The van der Waals surface area contributed by atoms with E-state index in [1.165, 1.54) is 5.56 Å². The Kier molecular flexibility index (Phi) is 2.70. The molecule has 3 saturated carbocycles. The maximum atomic E-state index is 12.6. The average molecular weight is 298 g/mol. The highest BCUT2D eigenvalue weighted by atomic mass is 16.5. The fourth-order valence-corrected chi connectivity index (χ4v) is 6.15. The van der Waals surface area contributed by atoms with Gasteiger partial charge in [-0.05, 0) is 40.1 Å². The molecule has 118 valence electrons. The molecule has 0 bridgehead atoms. The second-order valence-electron chi connectivity index (χ2n) is 8.73. The lowest BCUT2D eigenvalue weighted by atomic mass is 9.74. The molecule has 1 aromatic carbocycles. The van der Waals surface area contributed by atoms with Crippen molar-refractivity contribution in [1.29, 1.82) is 0 Å². The SMILES string of the molecule is COC(=O)C1C(c2ccccc2)C2C(C3C1C3(C)C)C2(C)C. The number of rotatable bonds is 2. The fourth-order valence-electron chi connectivity index (χ4n) is 6.15. The van der Waals surface area contributed by atoms with Crippen molar-refractivity contribution in [3.63, 3.8) is 0 Å². The Hall–Kier alpha value is -1.31. The summed E-state index contributed by atoms with van der Waals surface area (Å²) in [6.45, 7) is 9.47. The van der Waals surface area contributed by atoms with Crippen molar-refractivity contribution < 1.29 is 9.53 Å². The minimum absolute atomic E-state index is 0.00409. The molecular weight excluding hydrogens is 272 g/mol. The van der Waals surface area contributed by atoms with E-state index in [2.05, 4.69) is 58.0 Å². The Morgan fingerprint density at radius 3 is 2.05 bits per heavy atom. The smallest absolute Gasteiger partial charge is 0.309 e. The minimum Gasteiger partial charge on any atom is -0.469 e. The molecule has 3 aliphatic rings. The van der Waals surface area contributed by atoms with Crippen LogP contribution in [0, 0.1) is 40.4 Å². The van der Waals surface area contributed by atoms with Crippen LogP contribution in [0.5, 0.6) is 0 Å². The quantitative estimate of drug-likeness (QED) is 0.768. The van der Waals surface area contributed by atoms with Crippen LogP contribution in [0.1, 0.15) is 39.2 Å². The first-order chi connectivity index (χ1) is 10.3. The van der Waals surface area contributed by atoms with Crippen LogP contribution in [0.15, 0.2) is 30.3 Å². The van der Waals surface area contributed by atoms with Crippen LogP contribution < -0.4 is 0 Å². The van der Waals surface area contributed by atoms with E-state index in [1.807, 2.05) is 0 Å². The van der Waals surface area contributed by atoms with E-state index in [0.29, 0.717) is 29.1 Å². The Morgan fingerprint density at radius 1 is 0.909 bits per heavy atom. The third kappa shape index (κ3) is 1.59. The molecule has 0 aliphatic heterocycles. The molecule has 2 heteroatoms. The van der Waals surface area contributed by atoms with Gasteiger partial charge in [-0.25, -0.2) is 0 Å². The molecule has 6 unspecified atom stereocenters. The summed E-state index contributed by atoms with van der Waals surface area (Å²) in [7, 11) is 1.54. The maximum absolute atomic E-state index is 12.6. The van der Waals surface area contributed by atoms with Gasteiger partial charge < -0.3 is 4.74 Å². The van der Waals surface area contributed by atoms with E-state index in [1.54, 1.807) is 7.11 Å².